The SMILES string of the molecule is CCCC(Br)CC[O]. The summed E-state index contributed by atoms with van der Waals surface area (Å²) in [5, 5.41) is 9.99. The molecule has 0 aliphatic carbocycles. The van der Waals surface area contributed by atoms with E-state index in [-0.39, 0.29) is 6.61 Å². The van der Waals surface area contributed by atoms with Gasteiger partial charge in [-0.15, -0.1) is 0 Å². The topological polar surface area (TPSA) is 19.9 Å². The zero-order chi connectivity index (χ0) is 6.41. The summed E-state index contributed by atoms with van der Waals surface area (Å²) in [6.45, 7) is 2.18. The van der Waals surface area contributed by atoms with Crippen molar-refractivity contribution in [2.24, 2.45) is 0 Å². The van der Waals surface area contributed by atoms with E-state index in [0.29, 0.717) is 4.83 Å². The summed E-state index contributed by atoms with van der Waals surface area (Å²) in [7, 11) is 0. The number of alkyl halides is 1. The van der Waals surface area contributed by atoms with Crippen LogP contribution in [0.5, 0.6) is 0 Å². The molecule has 8 heavy (non-hydrogen) atoms. The number of hydrogen-bond acceptors (Lipinski definition) is 0. The molecule has 0 aliphatic heterocycles. The average molecular weight is 180 g/mol. The van der Waals surface area contributed by atoms with Gasteiger partial charge in [0.25, 0.3) is 0 Å². The Morgan fingerprint density at radius 2 is 2.12 bits per heavy atom. The minimum Gasteiger partial charge on any atom is -0.237 e. The second-order valence-corrected chi connectivity index (χ2v) is 3.17. The lowest BCUT2D eigenvalue weighted by Crippen LogP contribution is -1.98. The fourth-order valence-electron chi connectivity index (χ4n) is 0.585. The third-order valence-electron chi connectivity index (χ3n) is 1.03. The Kier molecular flexibility index (Phi) is 5.88. The zero-order valence-corrected chi connectivity index (χ0v) is 6.78. The summed E-state index contributed by atoms with van der Waals surface area (Å²) < 4.78 is 0. The van der Waals surface area contributed by atoms with Crippen molar-refractivity contribution >= 4 is 15.9 Å². The fourth-order valence-corrected chi connectivity index (χ4v) is 1.23. The van der Waals surface area contributed by atoms with Crippen molar-refractivity contribution in [3.8, 4) is 0 Å². The van der Waals surface area contributed by atoms with Crippen molar-refractivity contribution in [1.82, 2.24) is 0 Å². The summed E-state index contributed by atoms with van der Waals surface area (Å²) in [5.74, 6) is 0. The van der Waals surface area contributed by atoms with E-state index in [1.165, 1.54) is 0 Å². The van der Waals surface area contributed by atoms with Crippen LogP contribution in [0.3, 0.4) is 0 Å². The predicted octanol–water partition coefficient (Wildman–Crippen LogP) is 2.37. The van der Waals surface area contributed by atoms with E-state index >= 15 is 0 Å². The predicted molar refractivity (Wildman–Crippen MR) is 37.8 cm³/mol. The van der Waals surface area contributed by atoms with Gasteiger partial charge in [-0.2, -0.15) is 0 Å². The lowest BCUT2D eigenvalue weighted by Gasteiger charge is -2.02. The van der Waals surface area contributed by atoms with Crippen LogP contribution in [0.4, 0.5) is 0 Å². The maximum Gasteiger partial charge on any atom is 0.0833 e. The number of hydrogen-bond donors (Lipinski definition) is 0. The highest BCUT2D eigenvalue weighted by molar-refractivity contribution is 9.09. The highest BCUT2D eigenvalue weighted by Gasteiger charge is 1.99. The summed E-state index contributed by atoms with van der Waals surface area (Å²) in [6, 6.07) is 0. The summed E-state index contributed by atoms with van der Waals surface area (Å²) >= 11 is 3.40. The van der Waals surface area contributed by atoms with E-state index in [9.17, 15) is 5.11 Å². The van der Waals surface area contributed by atoms with Gasteiger partial charge in [0.15, 0.2) is 0 Å². The second-order valence-electron chi connectivity index (χ2n) is 1.88. The fraction of sp³-hybridized carbons (Fsp3) is 1.00. The Bertz CT molecular complexity index is 41.8. The van der Waals surface area contributed by atoms with E-state index in [1.807, 2.05) is 0 Å². The van der Waals surface area contributed by atoms with Gasteiger partial charge in [0.2, 0.25) is 0 Å². The Hall–Kier alpha value is 0.440. The number of rotatable bonds is 4. The van der Waals surface area contributed by atoms with Crippen molar-refractivity contribution in [2.45, 2.75) is 31.0 Å². The molecular formula is C6H12BrO. The van der Waals surface area contributed by atoms with E-state index in [1.54, 1.807) is 0 Å². The van der Waals surface area contributed by atoms with Gasteiger partial charge in [0.05, 0.1) is 6.61 Å². The van der Waals surface area contributed by atoms with Crippen LogP contribution in [0.25, 0.3) is 0 Å². The molecule has 0 N–H and O–H groups in total. The van der Waals surface area contributed by atoms with Gasteiger partial charge >= 0.3 is 0 Å². The second kappa shape index (κ2) is 5.57. The van der Waals surface area contributed by atoms with Crippen molar-refractivity contribution in [3.05, 3.63) is 0 Å². The molecule has 49 valence electrons. The molecule has 1 unspecified atom stereocenters. The smallest absolute Gasteiger partial charge is 0.0833 e. The molecule has 0 aromatic heterocycles. The normalized spacial score (nSPS) is 13.9. The molecule has 0 heterocycles. The average Bonchev–Trinajstić information content (AvgIpc) is 1.68. The molecular weight excluding hydrogens is 168 g/mol. The minimum absolute atomic E-state index is 0.0515. The van der Waals surface area contributed by atoms with Crippen molar-refractivity contribution in [1.29, 1.82) is 0 Å². The lowest BCUT2D eigenvalue weighted by molar-refractivity contribution is 0.188. The molecule has 0 saturated heterocycles. The van der Waals surface area contributed by atoms with Gasteiger partial charge in [-0.1, -0.05) is 29.3 Å². The minimum atomic E-state index is 0.0515. The molecule has 1 nitrogen and oxygen atoms in total. The van der Waals surface area contributed by atoms with Gasteiger partial charge in [-0.25, -0.2) is 5.11 Å². The molecule has 1 atom stereocenters. The molecule has 0 spiro atoms. The molecule has 0 amide bonds. The monoisotopic (exact) mass is 179 g/mol. The highest BCUT2D eigenvalue weighted by atomic mass is 79.9. The van der Waals surface area contributed by atoms with Crippen LogP contribution in [0.1, 0.15) is 26.2 Å². The molecule has 0 bridgehead atoms. The summed E-state index contributed by atoms with van der Waals surface area (Å²) in [5.41, 5.74) is 0. The molecule has 0 aromatic rings. The van der Waals surface area contributed by atoms with Crippen LogP contribution >= 0.6 is 15.9 Å². The first kappa shape index (κ1) is 8.44. The van der Waals surface area contributed by atoms with Crippen molar-refractivity contribution in [2.75, 3.05) is 6.61 Å². The van der Waals surface area contributed by atoms with Crippen LogP contribution in [0, 0.1) is 0 Å². The van der Waals surface area contributed by atoms with Gasteiger partial charge in [0.1, 0.15) is 0 Å². The van der Waals surface area contributed by atoms with Crippen LogP contribution in [-0.2, 0) is 5.11 Å². The molecule has 2 heteroatoms. The zero-order valence-electron chi connectivity index (χ0n) is 5.19. The first-order valence-electron chi connectivity index (χ1n) is 3.03. The van der Waals surface area contributed by atoms with Crippen molar-refractivity contribution < 1.29 is 5.11 Å². The Labute approximate surface area is 59.2 Å². The third kappa shape index (κ3) is 4.60. The van der Waals surface area contributed by atoms with E-state index in [0.717, 1.165) is 19.3 Å². The first-order valence-corrected chi connectivity index (χ1v) is 3.95. The molecule has 0 rings (SSSR count). The van der Waals surface area contributed by atoms with Gasteiger partial charge in [-0.05, 0) is 12.8 Å². The first-order chi connectivity index (χ1) is 3.81. The largest absolute Gasteiger partial charge is 0.237 e. The maximum atomic E-state index is 9.99. The van der Waals surface area contributed by atoms with E-state index < -0.39 is 0 Å². The molecule has 1 radical (unpaired) electrons. The summed E-state index contributed by atoms with van der Waals surface area (Å²) in [6.07, 6.45) is 3.06. The van der Waals surface area contributed by atoms with E-state index in [4.69, 9.17) is 0 Å². The maximum absolute atomic E-state index is 9.99. The van der Waals surface area contributed by atoms with Crippen LogP contribution < -0.4 is 0 Å². The van der Waals surface area contributed by atoms with Crippen LogP contribution in [0.2, 0.25) is 0 Å². The summed E-state index contributed by atoms with van der Waals surface area (Å²) in [4.78, 5) is 0.463. The highest BCUT2D eigenvalue weighted by Crippen LogP contribution is 2.10. The Morgan fingerprint density at radius 1 is 1.50 bits per heavy atom. The molecule has 0 aliphatic rings. The quantitative estimate of drug-likeness (QED) is 0.592. The van der Waals surface area contributed by atoms with Gasteiger partial charge in [-0.3, -0.25) is 0 Å². The van der Waals surface area contributed by atoms with E-state index in [2.05, 4.69) is 22.9 Å². The molecule has 0 fully saturated rings. The van der Waals surface area contributed by atoms with Crippen LogP contribution in [0.15, 0.2) is 0 Å². The van der Waals surface area contributed by atoms with Gasteiger partial charge < -0.3 is 0 Å². The Morgan fingerprint density at radius 3 is 2.50 bits per heavy atom. The molecule has 0 aromatic carbocycles. The Balaban J connectivity index is 2.92. The van der Waals surface area contributed by atoms with Crippen LogP contribution in [-0.4, -0.2) is 11.4 Å². The third-order valence-corrected chi connectivity index (χ3v) is 1.95. The lowest BCUT2D eigenvalue weighted by atomic mass is 10.2. The number of halogens is 1. The van der Waals surface area contributed by atoms with Gasteiger partial charge in [0, 0.05) is 4.83 Å². The standard InChI is InChI=1S/C6H12BrO/c1-2-3-6(7)4-5-8/h6H,2-5H2,1H3. The molecule has 0 saturated carbocycles. The van der Waals surface area contributed by atoms with Crippen molar-refractivity contribution in [3.63, 3.8) is 0 Å².